The van der Waals surface area contributed by atoms with E-state index in [1.165, 1.54) is 0 Å². The Morgan fingerprint density at radius 1 is 0.971 bits per heavy atom. The third-order valence-corrected chi connectivity index (χ3v) is 6.89. The zero-order chi connectivity index (χ0) is 24.8. The van der Waals surface area contributed by atoms with Crippen molar-refractivity contribution >= 4 is 23.7 Å². The normalized spacial score (nSPS) is 13.5. The first-order valence-corrected chi connectivity index (χ1v) is 12.9. The van der Waals surface area contributed by atoms with E-state index in [1.807, 2.05) is 61.5 Å². The van der Waals surface area contributed by atoms with Gasteiger partial charge in [-0.15, -0.1) is 0 Å². The van der Waals surface area contributed by atoms with Gasteiger partial charge in [-0.2, -0.15) is 11.8 Å². The molecule has 0 bridgehead atoms. The van der Waals surface area contributed by atoms with E-state index in [2.05, 4.69) is 5.32 Å². The smallest absolute Gasteiger partial charge is 0.322 e. The van der Waals surface area contributed by atoms with Gasteiger partial charge < -0.3 is 19.5 Å². The lowest BCUT2D eigenvalue weighted by molar-refractivity contribution is -0.154. The van der Waals surface area contributed by atoms with Gasteiger partial charge in [0.05, 0.1) is 25.7 Å². The maximum atomic E-state index is 13.3. The van der Waals surface area contributed by atoms with Gasteiger partial charge in [-0.25, -0.2) is 0 Å². The third kappa shape index (κ3) is 8.69. The van der Waals surface area contributed by atoms with Crippen LogP contribution in [0.15, 0.2) is 54.6 Å². The molecule has 0 spiro atoms. The Morgan fingerprint density at radius 2 is 1.65 bits per heavy atom. The Morgan fingerprint density at radius 3 is 2.26 bits per heavy atom. The lowest BCUT2D eigenvalue weighted by atomic mass is 9.80. The zero-order valence-corrected chi connectivity index (χ0v) is 21.5. The molecule has 0 radical (unpaired) electrons. The van der Waals surface area contributed by atoms with Crippen molar-refractivity contribution in [1.82, 2.24) is 5.32 Å². The number of benzene rings is 2. The molecule has 7 heteroatoms. The number of methoxy groups -OCH3 is 1. The highest BCUT2D eigenvalue weighted by atomic mass is 32.2. The second-order valence-electron chi connectivity index (χ2n) is 8.18. The summed E-state index contributed by atoms with van der Waals surface area (Å²) in [5.41, 5.74) is 1.52. The number of rotatable bonds is 15. The molecule has 2 rings (SSSR count). The quantitative estimate of drug-likeness (QED) is 0.367. The van der Waals surface area contributed by atoms with Crippen LogP contribution in [0.1, 0.15) is 38.3 Å². The summed E-state index contributed by atoms with van der Waals surface area (Å²) in [7, 11) is 1.65. The van der Waals surface area contributed by atoms with Crippen molar-refractivity contribution in [2.24, 2.45) is 5.41 Å². The van der Waals surface area contributed by atoms with Crippen molar-refractivity contribution in [2.75, 3.05) is 32.6 Å². The number of nitrogens with one attached hydrogen (secondary N) is 1. The molecule has 0 aliphatic carbocycles. The Kier molecular flexibility index (Phi) is 12.0. The van der Waals surface area contributed by atoms with E-state index in [0.29, 0.717) is 38.4 Å². The fraction of sp³-hybridized carbons (Fsp3) is 0.481. The average molecular weight is 488 g/mol. The van der Waals surface area contributed by atoms with E-state index in [9.17, 15) is 9.59 Å². The molecule has 186 valence electrons. The number of hydrogen-bond donors (Lipinski definition) is 1. The Balaban J connectivity index is 2.17. The number of carbonyl (C=O) groups is 2. The maximum absolute atomic E-state index is 13.3. The van der Waals surface area contributed by atoms with Crippen LogP contribution in [-0.4, -0.2) is 50.6 Å². The second kappa shape index (κ2) is 14.7. The van der Waals surface area contributed by atoms with Crippen molar-refractivity contribution in [3.63, 3.8) is 0 Å². The number of carbonyl (C=O) groups excluding carboxylic acids is 2. The molecule has 2 atom stereocenters. The molecule has 0 saturated heterocycles. The Hall–Kier alpha value is -2.51. The first-order valence-electron chi connectivity index (χ1n) is 11.8. The van der Waals surface area contributed by atoms with Crippen LogP contribution >= 0.6 is 11.8 Å². The highest BCUT2D eigenvalue weighted by Crippen LogP contribution is 2.34. The highest BCUT2D eigenvalue weighted by Gasteiger charge is 2.40. The molecule has 1 unspecified atom stereocenters. The molecule has 0 fully saturated rings. The van der Waals surface area contributed by atoms with Crippen LogP contribution in [0.2, 0.25) is 0 Å². The molecule has 0 aromatic heterocycles. The van der Waals surface area contributed by atoms with Crippen LogP contribution in [0.4, 0.5) is 0 Å². The van der Waals surface area contributed by atoms with Crippen LogP contribution in [0, 0.1) is 5.41 Å². The number of esters is 2. The first-order chi connectivity index (χ1) is 16.4. The van der Waals surface area contributed by atoms with E-state index in [0.717, 1.165) is 22.6 Å². The van der Waals surface area contributed by atoms with E-state index < -0.39 is 11.5 Å². The van der Waals surface area contributed by atoms with E-state index in [4.69, 9.17) is 14.2 Å². The van der Waals surface area contributed by atoms with Crippen molar-refractivity contribution in [3.8, 4) is 5.75 Å². The van der Waals surface area contributed by atoms with Crippen molar-refractivity contribution < 1.29 is 23.8 Å². The molecule has 0 saturated carbocycles. The van der Waals surface area contributed by atoms with Crippen LogP contribution < -0.4 is 10.1 Å². The minimum atomic E-state index is -0.726. The summed E-state index contributed by atoms with van der Waals surface area (Å²) in [6.45, 7) is 6.56. The monoisotopic (exact) mass is 487 g/mol. The molecule has 0 amide bonds. The lowest BCUT2D eigenvalue weighted by Crippen LogP contribution is -2.43. The fourth-order valence-electron chi connectivity index (χ4n) is 3.68. The SMILES string of the molecule is CCOC(=O)[C@H](C)NCCC(CSCc1ccc(OC)cc1)(Cc1ccccc1)C(=O)OCC. The fourth-order valence-corrected chi connectivity index (χ4v) is 4.97. The highest BCUT2D eigenvalue weighted by molar-refractivity contribution is 7.98. The van der Waals surface area contributed by atoms with Crippen LogP contribution in [0.25, 0.3) is 0 Å². The van der Waals surface area contributed by atoms with Crippen molar-refractivity contribution in [3.05, 3.63) is 65.7 Å². The summed E-state index contributed by atoms with van der Waals surface area (Å²) in [4.78, 5) is 25.3. The number of hydrogen-bond acceptors (Lipinski definition) is 7. The molecule has 0 aliphatic rings. The maximum Gasteiger partial charge on any atom is 0.322 e. The molecular formula is C27H37NO5S. The van der Waals surface area contributed by atoms with E-state index >= 15 is 0 Å². The Labute approximate surface area is 207 Å². The molecule has 0 aliphatic heterocycles. The second-order valence-corrected chi connectivity index (χ2v) is 9.17. The average Bonchev–Trinajstić information content (AvgIpc) is 2.85. The molecule has 1 N–H and O–H groups in total. The van der Waals surface area contributed by atoms with Gasteiger partial charge in [-0.1, -0.05) is 42.5 Å². The lowest BCUT2D eigenvalue weighted by Gasteiger charge is -2.32. The Bertz CT molecular complexity index is 874. The van der Waals surface area contributed by atoms with Gasteiger partial charge in [0.25, 0.3) is 0 Å². The van der Waals surface area contributed by atoms with Gasteiger partial charge in [0.2, 0.25) is 0 Å². The standard InChI is InChI=1S/C27H37NO5S/c1-5-32-25(29)21(3)28-17-16-27(26(30)33-6-2,18-22-10-8-7-9-11-22)20-34-19-23-12-14-24(31-4)15-13-23/h7-15,21,28H,5-6,16-20H2,1-4H3/t21-,27?/m0/s1. The van der Waals surface area contributed by atoms with Gasteiger partial charge in [-0.05, 0) is 63.4 Å². The minimum absolute atomic E-state index is 0.202. The van der Waals surface area contributed by atoms with Gasteiger partial charge >= 0.3 is 11.9 Å². The number of thioether (sulfide) groups is 1. The van der Waals surface area contributed by atoms with Gasteiger partial charge in [0.1, 0.15) is 11.8 Å². The van der Waals surface area contributed by atoms with Crippen LogP contribution in [0.5, 0.6) is 5.75 Å². The molecule has 0 heterocycles. The predicted molar refractivity (Wildman–Crippen MR) is 137 cm³/mol. The molecule has 2 aromatic rings. The number of ether oxygens (including phenoxy) is 3. The summed E-state index contributed by atoms with van der Waals surface area (Å²) in [5.74, 6) is 1.70. The molecular weight excluding hydrogens is 450 g/mol. The molecule has 6 nitrogen and oxygen atoms in total. The zero-order valence-electron chi connectivity index (χ0n) is 20.7. The summed E-state index contributed by atoms with van der Waals surface area (Å²) < 4.78 is 15.9. The third-order valence-electron chi connectivity index (χ3n) is 5.59. The topological polar surface area (TPSA) is 73.9 Å². The van der Waals surface area contributed by atoms with Crippen LogP contribution in [-0.2, 0) is 31.2 Å². The van der Waals surface area contributed by atoms with Gasteiger partial charge in [0.15, 0.2) is 0 Å². The predicted octanol–water partition coefficient (Wildman–Crippen LogP) is 4.65. The van der Waals surface area contributed by atoms with Gasteiger partial charge in [-0.3, -0.25) is 9.59 Å². The minimum Gasteiger partial charge on any atom is -0.497 e. The first kappa shape index (κ1) is 27.7. The largest absolute Gasteiger partial charge is 0.497 e. The molecule has 2 aromatic carbocycles. The van der Waals surface area contributed by atoms with E-state index in [1.54, 1.807) is 32.7 Å². The summed E-state index contributed by atoms with van der Waals surface area (Å²) in [6, 6.07) is 17.5. The summed E-state index contributed by atoms with van der Waals surface area (Å²) in [5, 5.41) is 3.22. The van der Waals surface area contributed by atoms with Crippen molar-refractivity contribution in [1.29, 1.82) is 0 Å². The summed E-state index contributed by atoms with van der Waals surface area (Å²) >= 11 is 1.71. The summed E-state index contributed by atoms with van der Waals surface area (Å²) in [6.07, 6.45) is 1.11. The van der Waals surface area contributed by atoms with Crippen LogP contribution in [0.3, 0.4) is 0 Å². The molecule has 34 heavy (non-hydrogen) atoms. The van der Waals surface area contributed by atoms with Crippen molar-refractivity contribution in [2.45, 2.75) is 45.4 Å². The van der Waals surface area contributed by atoms with E-state index in [-0.39, 0.29) is 11.9 Å². The van der Waals surface area contributed by atoms with Gasteiger partial charge in [0, 0.05) is 11.5 Å².